The second kappa shape index (κ2) is 19.1. The minimum absolute atomic E-state index is 0.00618. The number of nitrogens with zero attached hydrogens (tertiary/aromatic N) is 2. The summed E-state index contributed by atoms with van der Waals surface area (Å²) in [6, 6.07) is 30.3. The van der Waals surface area contributed by atoms with Gasteiger partial charge in [0.2, 0.25) is 0 Å². The summed E-state index contributed by atoms with van der Waals surface area (Å²) < 4.78 is 41.2. The van der Waals surface area contributed by atoms with Gasteiger partial charge in [0.1, 0.15) is 24.6 Å². The third kappa shape index (κ3) is 8.84. The second-order valence-corrected chi connectivity index (χ2v) is 15.9. The number of rotatable bonds is 14. The van der Waals surface area contributed by atoms with Crippen LogP contribution in [0.2, 0.25) is 0 Å². The number of likely N-dealkylation sites (N-methyl/N-ethyl adjacent to an activating group) is 1. The highest BCUT2D eigenvalue weighted by molar-refractivity contribution is 8.14. The second-order valence-electron chi connectivity index (χ2n) is 14.6. The van der Waals surface area contributed by atoms with E-state index in [1.165, 1.54) is 19.3 Å². The highest BCUT2D eigenvalue weighted by Gasteiger charge is 2.57. The highest BCUT2D eigenvalue weighted by atomic mass is 32.2. The Bertz CT molecular complexity index is 2110. The van der Waals surface area contributed by atoms with Crippen molar-refractivity contribution in [1.29, 1.82) is 0 Å². The largest absolute Gasteiger partial charge is 0.448 e. The molecule has 3 aliphatic rings. The Labute approximate surface area is 352 Å². The molecule has 60 heavy (non-hydrogen) atoms. The molecule has 0 radical (unpaired) electrons. The van der Waals surface area contributed by atoms with Crippen molar-refractivity contribution >= 4 is 28.8 Å². The number of fused-ring (bicyclic) bond motifs is 3. The van der Waals surface area contributed by atoms with Gasteiger partial charge in [-0.1, -0.05) is 84.9 Å². The van der Waals surface area contributed by atoms with Gasteiger partial charge >= 0.3 is 11.4 Å². The van der Waals surface area contributed by atoms with Gasteiger partial charge in [0.25, 0.3) is 5.69 Å². The average molecular weight is 841 g/mol. The molecule has 2 fully saturated rings. The van der Waals surface area contributed by atoms with Crippen molar-refractivity contribution in [2.24, 2.45) is 0 Å². The van der Waals surface area contributed by atoms with E-state index in [4.69, 9.17) is 33.2 Å². The SMILES string of the molecule is C=C[C@]1(SC(=O)Oc2ccccc2)[C@H](O)[C@@H](O[C@H]2C[C@H](OC)[C@@H](N(CC)C(=O)OCC3c4ccccc4-c4ccccc43)CO2)[C@H](OCc2ccccc2[N+](=O)[O-])O[C@@H]1C. The van der Waals surface area contributed by atoms with E-state index in [2.05, 4.69) is 30.8 Å². The third-order valence-corrected chi connectivity index (χ3v) is 12.7. The van der Waals surface area contributed by atoms with Crippen molar-refractivity contribution in [2.45, 2.75) is 80.6 Å². The van der Waals surface area contributed by atoms with Crippen LogP contribution in [-0.4, -0.2) is 101 Å². The monoisotopic (exact) mass is 840 g/mol. The van der Waals surface area contributed by atoms with E-state index in [1.54, 1.807) is 60.4 Å². The van der Waals surface area contributed by atoms with E-state index < -0.39 is 64.1 Å². The quantitative estimate of drug-likeness (QED) is 0.0565. The van der Waals surface area contributed by atoms with Gasteiger partial charge in [0.05, 0.1) is 46.7 Å². The first-order valence-electron chi connectivity index (χ1n) is 19.8. The van der Waals surface area contributed by atoms with Gasteiger partial charge in [-0.05, 0) is 66.1 Å². The Morgan fingerprint density at radius 2 is 1.65 bits per heavy atom. The van der Waals surface area contributed by atoms with Crippen molar-refractivity contribution in [2.75, 3.05) is 26.9 Å². The molecule has 0 aromatic heterocycles. The number of para-hydroxylation sites is 2. The van der Waals surface area contributed by atoms with Crippen molar-refractivity contribution in [3.05, 3.63) is 143 Å². The van der Waals surface area contributed by atoms with Crippen molar-refractivity contribution in [1.82, 2.24) is 4.90 Å². The fourth-order valence-corrected chi connectivity index (χ4v) is 9.21. The molecule has 7 rings (SSSR count). The summed E-state index contributed by atoms with van der Waals surface area (Å²) in [4.78, 5) is 40.0. The lowest BCUT2D eigenvalue weighted by Gasteiger charge is -2.50. The number of aliphatic hydroxyl groups is 1. The zero-order valence-corrected chi connectivity index (χ0v) is 34.3. The van der Waals surface area contributed by atoms with Gasteiger partial charge in [-0.3, -0.25) is 10.1 Å². The number of nitro benzene ring substituents is 1. The fourth-order valence-electron chi connectivity index (χ4n) is 8.23. The van der Waals surface area contributed by atoms with Crippen LogP contribution in [0.5, 0.6) is 5.75 Å². The summed E-state index contributed by atoms with van der Waals surface area (Å²) >= 11 is 0.687. The number of hydrogen-bond donors (Lipinski definition) is 1. The zero-order chi connectivity index (χ0) is 42.4. The molecule has 1 aliphatic carbocycles. The maximum absolute atomic E-state index is 13.8. The molecule has 14 nitrogen and oxygen atoms in total. The number of ether oxygens (including phenoxy) is 7. The van der Waals surface area contributed by atoms with Gasteiger partial charge < -0.3 is 43.2 Å². The van der Waals surface area contributed by atoms with E-state index in [1.807, 2.05) is 31.2 Å². The van der Waals surface area contributed by atoms with Gasteiger partial charge in [-0.25, -0.2) is 9.59 Å². The highest BCUT2D eigenvalue weighted by Crippen LogP contribution is 2.46. The molecule has 0 saturated carbocycles. The summed E-state index contributed by atoms with van der Waals surface area (Å²) in [6.45, 7) is 7.64. The lowest BCUT2D eigenvalue weighted by molar-refractivity contribution is -0.386. The minimum Gasteiger partial charge on any atom is -0.448 e. The number of nitro groups is 1. The van der Waals surface area contributed by atoms with E-state index in [9.17, 15) is 24.8 Å². The lowest BCUT2D eigenvalue weighted by atomic mass is 9.88. The topological polar surface area (TPSA) is 165 Å². The number of methoxy groups -OCH3 is 1. The van der Waals surface area contributed by atoms with Crippen LogP contribution in [0.1, 0.15) is 42.9 Å². The standard InChI is InChI=1S/C45H48N2O12S/c1-5-45(60-44(50)58-30-17-8-7-9-18-30)28(3)57-42(55-25-29-16-10-15-23-36(29)47(51)52)40(41(45)48)59-39-24-38(53-4)37(27-54-39)46(6-2)43(49)56-26-35-33-21-13-11-19-31(33)32-20-12-14-22-34(32)35/h5,7-23,28,35,37-42,48H,1,6,24-27H2,2-4H3/t28-,37+,38+,39+,40-,41-,42-,45-/m1/s1. The lowest BCUT2D eigenvalue weighted by Crippen LogP contribution is -2.65. The average Bonchev–Trinajstić information content (AvgIpc) is 3.59. The normalized spacial score (nSPS) is 26.0. The van der Waals surface area contributed by atoms with E-state index in [0.29, 0.717) is 24.1 Å². The number of thioether (sulfide) groups is 1. The molecule has 1 N–H and O–H groups in total. The predicted molar refractivity (Wildman–Crippen MR) is 222 cm³/mol. The number of hydrogen-bond acceptors (Lipinski definition) is 13. The molecule has 2 saturated heterocycles. The molecule has 2 heterocycles. The van der Waals surface area contributed by atoms with Crippen LogP contribution in [0.4, 0.5) is 15.3 Å². The van der Waals surface area contributed by atoms with Crippen molar-refractivity contribution in [3.8, 4) is 16.9 Å². The summed E-state index contributed by atoms with van der Waals surface area (Å²) in [6.07, 6.45) is -5.58. The molecule has 0 spiro atoms. The maximum atomic E-state index is 13.8. The first-order valence-corrected chi connectivity index (χ1v) is 20.6. The summed E-state index contributed by atoms with van der Waals surface area (Å²) in [5.41, 5.74) is 4.58. The molecule has 0 bridgehead atoms. The van der Waals surface area contributed by atoms with Crippen molar-refractivity contribution in [3.63, 3.8) is 0 Å². The molecule has 316 valence electrons. The Balaban J connectivity index is 1.07. The molecule has 8 atom stereocenters. The Morgan fingerprint density at radius 3 is 2.30 bits per heavy atom. The molecule has 15 heteroatoms. The maximum Gasteiger partial charge on any atom is 0.410 e. The summed E-state index contributed by atoms with van der Waals surface area (Å²) in [5.74, 6) is 0.191. The number of carbonyl (C=O) groups is 2. The van der Waals surface area contributed by atoms with Gasteiger partial charge in [-0.2, -0.15) is 0 Å². The molecule has 4 aromatic rings. The zero-order valence-electron chi connectivity index (χ0n) is 33.5. The Morgan fingerprint density at radius 1 is 1.00 bits per heavy atom. The van der Waals surface area contributed by atoms with Crippen LogP contribution in [0.3, 0.4) is 0 Å². The van der Waals surface area contributed by atoms with Crippen LogP contribution in [0.15, 0.2) is 116 Å². The number of aliphatic hydroxyl groups excluding tert-OH is 1. The summed E-state index contributed by atoms with van der Waals surface area (Å²) in [5, 5.41) is 23.3. The minimum atomic E-state index is -1.50. The predicted octanol–water partition coefficient (Wildman–Crippen LogP) is 7.86. The first kappa shape index (κ1) is 43.0. The Hall–Kier alpha value is -5.13. The van der Waals surface area contributed by atoms with Crippen LogP contribution >= 0.6 is 11.8 Å². The molecule has 2 aliphatic heterocycles. The van der Waals surface area contributed by atoms with E-state index in [0.717, 1.165) is 22.3 Å². The smallest absolute Gasteiger partial charge is 0.410 e. The Kier molecular flexibility index (Phi) is 13.7. The van der Waals surface area contributed by atoms with Crippen molar-refractivity contribution < 1.29 is 52.8 Å². The van der Waals surface area contributed by atoms with Gasteiger partial charge in [-0.15, -0.1) is 6.58 Å². The molecular formula is C45H48N2O12S. The summed E-state index contributed by atoms with van der Waals surface area (Å²) in [7, 11) is 1.53. The first-order chi connectivity index (χ1) is 29.1. The van der Waals surface area contributed by atoms with Gasteiger partial charge in [0.15, 0.2) is 12.6 Å². The molecular weight excluding hydrogens is 793 g/mol. The van der Waals surface area contributed by atoms with Crippen LogP contribution in [0, 0.1) is 10.1 Å². The third-order valence-electron chi connectivity index (χ3n) is 11.4. The number of carbonyl (C=O) groups excluding carboxylic acids is 2. The fraction of sp³-hybridized carbons (Fsp3) is 0.378. The molecule has 1 amide bonds. The number of amides is 1. The van der Waals surface area contributed by atoms with Gasteiger partial charge in [0, 0.05) is 32.1 Å². The van der Waals surface area contributed by atoms with Crippen LogP contribution in [0.25, 0.3) is 11.1 Å². The molecule has 4 aromatic carbocycles. The van der Waals surface area contributed by atoms with Crippen LogP contribution < -0.4 is 4.74 Å². The van der Waals surface area contributed by atoms with E-state index >= 15 is 0 Å². The number of benzene rings is 4. The molecule has 0 unspecified atom stereocenters. The van der Waals surface area contributed by atoms with E-state index in [-0.39, 0.29) is 43.4 Å². The van der Waals surface area contributed by atoms with Crippen LogP contribution in [-0.2, 0) is 35.0 Å².